The Balaban J connectivity index is 2.05. The van der Waals surface area contributed by atoms with Gasteiger partial charge in [0.2, 0.25) is 0 Å². The number of carbonyl (C=O) groups excluding carboxylic acids is 1. The van der Waals surface area contributed by atoms with Gasteiger partial charge in [0.15, 0.2) is 0 Å². The van der Waals surface area contributed by atoms with Gasteiger partial charge in [-0.2, -0.15) is 0 Å². The van der Waals surface area contributed by atoms with E-state index in [1.807, 2.05) is 0 Å². The fourth-order valence-electron chi connectivity index (χ4n) is 1.47. The van der Waals surface area contributed by atoms with Gasteiger partial charge in [-0.3, -0.25) is 4.79 Å². The van der Waals surface area contributed by atoms with Crippen LogP contribution in [0.15, 0.2) is 41.0 Å². The molecule has 1 aromatic heterocycles. The maximum Gasteiger partial charge on any atom is 0.254 e. The summed E-state index contributed by atoms with van der Waals surface area (Å²) in [5, 5.41) is 12.1. The van der Waals surface area contributed by atoms with Crippen LogP contribution < -0.4 is 5.32 Å². The predicted molar refractivity (Wildman–Crippen MR) is 76.2 cm³/mol. The number of hydrogen-bond acceptors (Lipinski definition) is 3. The Morgan fingerprint density at radius 2 is 2.05 bits per heavy atom. The van der Waals surface area contributed by atoms with Crippen LogP contribution in [0.1, 0.15) is 15.9 Å². The number of rotatable bonds is 3. The molecular formula is C13H10BrClN2O2. The van der Waals surface area contributed by atoms with Crippen molar-refractivity contribution >= 4 is 33.4 Å². The van der Waals surface area contributed by atoms with E-state index in [1.165, 1.54) is 6.20 Å². The summed E-state index contributed by atoms with van der Waals surface area (Å²) in [7, 11) is 0. The van der Waals surface area contributed by atoms with Crippen LogP contribution in [0.3, 0.4) is 0 Å². The lowest BCUT2D eigenvalue weighted by Gasteiger charge is -2.07. The second-order valence-corrected chi connectivity index (χ2v) is 5.11. The lowest BCUT2D eigenvalue weighted by molar-refractivity contribution is 0.0950. The summed E-state index contributed by atoms with van der Waals surface area (Å²) in [5.74, 6) is -0.110. The minimum absolute atomic E-state index is 0.159. The second kappa shape index (κ2) is 6.04. The van der Waals surface area contributed by atoms with Crippen LogP contribution in [-0.4, -0.2) is 16.0 Å². The predicted octanol–water partition coefficient (Wildman–Crippen LogP) is 3.13. The summed E-state index contributed by atoms with van der Waals surface area (Å²) in [6, 6.07) is 8.21. The molecule has 1 amide bonds. The Labute approximate surface area is 123 Å². The molecule has 0 aliphatic heterocycles. The summed E-state index contributed by atoms with van der Waals surface area (Å²) in [6.07, 6.45) is 1.53. The molecule has 2 aromatic rings. The monoisotopic (exact) mass is 340 g/mol. The minimum atomic E-state index is -0.299. The average Bonchev–Trinajstić information content (AvgIpc) is 2.40. The Kier molecular flexibility index (Phi) is 4.39. The Bertz CT molecular complexity index is 602. The minimum Gasteiger partial charge on any atom is -0.508 e. The van der Waals surface area contributed by atoms with Gasteiger partial charge < -0.3 is 10.4 Å². The van der Waals surface area contributed by atoms with Crippen molar-refractivity contribution < 1.29 is 9.90 Å². The van der Waals surface area contributed by atoms with Gasteiger partial charge in [0, 0.05) is 17.2 Å². The number of carbonyl (C=O) groups is 1. The highest BCUT2D eigenvalue weighted by Crippen LogP contribution is 2.18. The number of pyridine rings is 1. The Morgan fingerprint density at radius 3 is 2.74 bits per heavy atom. The molecule has 98 valence electrons. The summed E-state index contributed by atoms with van der Waals surface area (Å²) in [5.41, 5.74) is 1.19. The summed E-state index contributed by atoms with van der Waals surface area (Å²) in [4.78, 5) is 15.8. The van der Waals surface area contributed by atoms with E-state index in [2.05, 4.69) is 26.2 Å². The molecule has 0 unspecified atom stereocenters. The SMILES string of the molecule is O=C(NCc1ccc(O)cc1)c1cc(Br)cnc1Cl. The van der Waals surface area contributed by atoms with Crippen molar-refractivity contribution in [3.05, 3.63) is 57.3 Å². The molecular weight excluding hydrogens is 332 g/mol. The molecule has 0 aliphatic carbocycles. The van der Waals surface area contributed by atoms with Gasteiger partial charge in [-0.25, -0.2) is 4.98 Å². The van der Waals surface area contributed by atoms with Gasteiger partial charge in [-0.15, -0.1) is 0 Å². The lowest BCUT2D eigenvalue weighted by atomic mass is 10.2. The number of hydrogen-bond donors (Lipinski definition) is 2. The van der Waals surface area contributed by atoms with Crippen molar-refractivity contribution in [2.45, 2.75) is 6.54 Å². The number of phenols is 1. The van der Waals surface area contributed by atoms with Gasteiger partial charge in [0.1, 0.15) is 10.9 Å². The molecule has 0 saturated carbocycles. The zero-order chi connectivity index (χ0) is 13.8. The number of amides is 1. The molecule has 19 heavy (non-hydrogen) atoms. The standard InChI is InChI=1S/C13H10BrClN2O2/c14-9-5-11(12(15)16-7-9)13(19)17-6-8-1-3-10(18)4-2-8/h1-5,7,18H,6H2,(H,17,19). The van der Waals surface area contributed by atoms with E-state index < -0.39 is 0 Å². The largest absolute Gasteiger partial charge is 0.508 e. The maximum absolute atomic E-state index is 12.0. The molecule has 4 nitrogen and oxygen atoms in total. The van der Waals surface area contributed by atoms with Gasteiger partial charge in [0.05, 0.1) is 5.56 Å². The van der Waals surface area contributed by atoms with E-state index in [0.717, 1.165) is 5.56 Å². The van der Waals surface area contributed by atoms with Crippen molar-refractivity contribution in [2.24, 2.45) is 0 Å². The van der Waals surface area contributed by atoms with E-state index in [1.54, 1.807) is 30.3 Å². The van der Waals surface area contributed by atoms with Crippen LogP contribution in [0.4, 0.5) is 0 Å². The molecule has 0 bridgehead atoms. The molecule has 1 aromatic carbocycles. The zero-order valence-electron chi connectivity index (χ0n) is 9.73. The topological polar surface area (TPSA) is 62.2 Å². The normalized spacial score (nSPS) is 10.2. The van der Waals surface area contributed by atoms with Crippen molar-refractivity contribution in [1.29, 1.82) is 0 Å². The Hall–Kier alpha value is -1.59. The fraction of sp³-hybridized carbons (Fsp3) is 0.0769. The number of aromatic hydroxyl groups is 1. The number of aromatic nitrogens is 1. The second-order valence-electron chi connectivity index (χ2n) is 3.84. The molecule has 0 saturated heterocycles. The van der Waals surface area contributed by atoms with E-state index in [4.69, 9.17) is 16.7 Å². The third kappa shape index (κ3) is 3.68. The van der Waals surface area contributed by atoms with Crippen LogP contribution in [0.25, 0.3) is 0 Å². The van der Waals surface area contributed by atoms with Crippen LogP contribution in [0, 0.1) is 0 Å². The molecule has 0 aliphatic rings. The number of phenolic OH excluding ortho intramolecular Hbond substituents is 1. The number of nitrogens with one attached hydrogen (secondary N) is 1. The fourth-order valence-corrected chi connectivity index (χ4v) is 1.99. The van der Waals surface area contributed by atoms with E-state index >= 15 is 0 Å². The third-order valence-electron chi connectivity index (χ3n) is 2.44. The molecule has 0 fully saturated rings. The first-order chi connectivity index (χ1) is 9.06. The number of benzene rings is 1. The van der Waals surface area contributed by atoms with Crippen LogP contribution >= 0.6 is 27.5 Å². The molecule has 0 atom stereocenters. The Morgan fingerprint density at radius 1 is 1.37 bits per heavy atom. The zero-order valence-corrected chi connectivity index (χ0v) is 12.1. The van der Waals surface area contributed by atoms with Gasteiger partial charge in [0.25, 0.3) is 5.91 Å². The highest BCUT2D eigenvalue weighted by atomic mass is 79.9. The number of nitrogens with zero attached hydrogens (tertiary/aromatic N) is 1. The van der Waals surface area contributed by atoms with E-state index in [0.29, 0.717) is 16.6 Å². The molecule has 2 N–H and O–H groups in total. The van der Waals surface area contributed by atoms with Gasteiger partial charge in [-0.05, 0) is 39.7 Å². The molecule has 0 spiro atoms. The van der Waals surface area contributed by atoms with E-state index in [-0.39, 0.29) is 16.8 Å². The first-order valence-electron chi connectivity index (χ1n) is 5.43. The summed E-state index contributed by atoms with van der Waals surface area (Å²) >= 11 is 9.11. The van der Waals surface area contributed by atoms with Crippen LogP contribution in [0.2, 0.25) is 5.15 Å². The highest BCUT2D eigenvalue weighted by molar-refractivity contribution is 9.10. The molecule has 6 heteroatoms. The van der Waals surface area contributed by atoms with E-state index in [9.17, 15) is 4.79 Å². The molecule has 2 rings (SSSR count). The maximum atomic E-state index is 12.0. The summed E-state index contributed by atoms with van der Waals surface area (Å²) < 4.78 is 0.687. The third-order valence-corrected chi connectivity index (χ3v) is 3.17. The quantitative estimate of drug-likeness (QED) is 0.843. The highest BCUT2D eigenvalue weighted by Gasteiger charge is 2.11. The lowest BCUT2D eigenvalue weighted by Crippen LogP contribution is -2.23. The molecule has 1 heterocycles. The van der Waals surface area contributed by atoms with Crippen molar-refractivity contribution in [1.82, 2.24) is 10.3 Å². The smallest absolute Gasteiger partial charge is 0.254 e. The number of halogens is 2. The van der Waals surface area contributed by atoms with Crippen molar-refractivity contribution in [3.63, 3.8) is 0 Å². The van der Waals surface area contributed by atoms with Crippen molar-refractivity contribution in [2.75, 3.05) is 0 Å². The molecule has 0 radical (unpaired) electrons. The average molecular weight is 342 g/mol. The van der Waals surface area contributed by atoms with Crippen LogP contribution in [-0.2, 0) is 6.54 Å². The van der Waals surface area contributed by atoms with Gasteiger partial charge in [-0.1, -0.05) is 23.7 Å². The first kappa shape index (κ1) is 13.8. The first-order valence-corrected chi connectivity index (χ1v) is 6.60. The summed E-state index contributed by atoms with van der Waals surface area (Å²) in [6.45, 7) is 0.349. The van der Waals surface area contributed by atoms with Crippen LogP contribution in [0.5, 0.6) is 5.75 Å². The van der Waals surface area contributed by atoms with Gasteiger partial charge >= 0.3 is 0 Å². The van der Waals surface area contributed by atoms with Crippen molar-refractivity contribution in [3.8, 4) is 5.75 Å².